The average Bonchev–Trinajstić information content (AvgIpc) is 3.33. The van der Waals surface area contributed by atoms with Gasteiger partial charge in [0, 0.05) is 25.2 Å². The smallest absolute Gasteiger partial charge is 0.295 e. The van der Waals surface area contributed by atoms with Crippen LogP contribution >= 0.6 is 22.6 Å². The minimum Gasteiger partial charge on any atom is -0.352 e. The number of alkyl halides is 1. The third-order valence-corrected chi connectivity index (χ3v) is 10.5. The summed E-state index contributed by atoms with van der Waals surface area (Å²) in [5, 5.41) is 0. The Labute approximate surface area is 224 Å². The van der Waals surface area contributed by atoms with Crippen molar-refractivity contribution in [3.63, 3.8) is 0 Å². The number of benzene rings is 1. The molecule has 3 atom stereocenters. The van der Waals surface area contributed by atoms with E-state index in [0.29, 0.717) is 17.9 Å². The molecule has 1 aromatic carbocycles. The molecule has 1 unspecified atom stereocenters. The maximum atomic E-state index is 14.2. The molecule has 186 valence electrons. The van der Waals surface area contributed by atoms with E-state index in [4.69, 9.17) is 12.8 Å². The van der Waals surface area contributed by atoms with Crippen LogP contribution in [0.3, 0.4) is 0 Å². The molecule has 1 aliphatic carbocycles. The summed E-state index contributed by atoms with van der Waals surface area (Å²) in [6.45, 7) is 1.85. The molecule has 1 saturated carbocycles. The van der Waals surface area contributed by atoms with Crippen LogP contribution in [0.25, 0.3) is 11.0 Å². The van der Waals surface area contributed by atoms with E-state index in [1.54, 1.807) is 0 Å². The molecule has 0 N–H and O–H groups in total. The van der Waals surface area contributed by atoms with Crippen LogP contribution in [0.2, 0.25) is 0 Å². The van der Waals surface area contributed by atoms with Gasteiger partial charge < -0.3 is 9.80 Å². The van der Waals surface area contributed by atoms with Crippen molar-refractivity contribution in [2.75, 3.05) is 18.0 Å². The summed E-state index contributed by atoms with van der Waals surface area (Å²) >= 11 is 2.61. The zero-order chi connectivity index (χ0) is 24.0. The quantitative estimate of drug-likeness (QED) is 0.264. The second-order valence-electron chi connectivity index (χ2n) is 11.6. The molecule has 4 heterocycles. The third-order valence-electron chi connectivity index (χ3n) is 9.20. The van der Waals surface area contributed by atoms with Gasteiger partial charge in [0.25, 0.3) is 5.56 Å². The van der Waals surface area contributed by atoms with Crippen molar-refractivity contribution in [1.82, 2.24) is 14.5 Å². The normalized spacial score (nSPS) is 33.1. The van der Waals surface area contributed by atoms with Gasteiger partial charge in [0.15, 0.2) is 5.82 Å². The number of halogens is 1. The summed E-state index contributed by atoms with van der Waals surface area (Å²) < 4.78 is 1.77. The lowest BCUT2D eigenvalue weighted by Crippen LogP contribution is -2.68. The molecule has 3 aliphatic heterocycles. The zero-order valence-corrected chi connectivity index (χ0v) is 23.1. The van der Waals surface area contributed by atoms with Crippen LogP contribution in [0.4, 0.5) is 5.82 Å². The summed E-state index contributed by atoms with van der Waals surface area (Å²) in [5.41, 5.74) is 1.60. The summed E-state index contributed by atoms with van der Waals surface area (Å²) in [4.78, 5) is 24.0. The van der Waals surface area contributed by atoms with Gasteiger partial charge in [0.1, 0.15) is 3.55 Å². The largest absolute Gasteiger partial charge is 0.352 e. The molecule has 0 amide bonds. The van der Waals surface area contributed by atoms with Crippen LogP contribution < -0.4 is 10.5 Å². The Morgan fingerprint density at radius 1 is 0.914 bits per heavy atom. The fourth-order valence-electron chi connectivity index (χ4n) is 7.75. The number of para-hydroxylation sites is 2. The van der Waals surface area contributed by atoms with Crippen LogP contribution in [0.15, 0.2) is 29.1 Å². The first-order valence-corrected chi connectivity index (χ1v) is 15.1. The van der Waals surface area contributed by atoms with E-state index < -0.39 is 0 Å². The number of anilines is 1. The molecule has 0 spiro atoms. The number of nitrogens with zero attached hydrogens (tertiary/aromatic N) is 4. The summed E-state index contributed by atoms with van der Waals surface area (Å²) in [6.07, 6.45) is 16.8. The number of fused-ring (bicyclic) bond motifs is 3. The predicted molar refractivity (Wildman–Crippen MR) is 153 cm³/mol. The fraction of sp³-hybridized carbons (Fsp3) is 0.714. The summed E-state index contributed by atoms with van der Waals surface area (Å²) in [6, 6.07) is 9.26. The van der Waals surface area contributed by atoms with E-state index in [1.807, 2.05) is 12.1 Å². The molecule has 35 heavy (non-hydrogen) atoms. The van der Waals surface area contributed by atoms with Crippen LogP contribution in [-0.4, -0.2) is 52.9 Å². The van der Waals surface area contributed by atoms with Crippen LogP contribution in [0.1, 0.15) is 89.9 Å². The van der Waals surface area contributed by atoms with Crippen molar-refractivity contribution in [2.45, 2.75) is 111 Å². The van der Waals surface area contributed by atoms with Gasteiger partial charge in [-0.1, -0.05) is 73.2 Å². The molecule has 7 heteroatoms. The highest BCUT2D eigenvalue weighted by atomic mass is 127. The lowest BCUT2D eigenvalue weighted by molar-refractivity contribution is -0.0519. The molecule has 4 aliphatic rings. The molecular formula is C28H38BIN4O. The first-order valence-electron chi connectivity index (χ1n) is 14.0. The van der Waals surface area contributed by atoms with E-state index in [-0.39, 0.29) is 14.5 Å². The van der Waals surface area contributed by atoms with Crippen LogP contribution in [0, 0.1) is 0 Å². The highest BCUT2D eigenvalue weighted by Crippen LogP contribution is 2.53. The molecule has 1 aromatic heterocycles. The van der Waals surface area contributed by atoms with Crippen molar-refractivity contribution >= 4 is 47.3 Å². The fourth-order valence-corrected chi connectivity index (χ4v) is 9.40. The van der Waals surface area contributed by atoms with Gasteiger partial charge in [-0.15, -0.1) is 0 Å². The van der Waals surface area contributed by atoms with Gasteiger partial charge in [-0.2, -0.15) is 0 Å². The van der Waals surface area contributed by atoms with Crippen molar-refractivity contribution in [2.24, 2.45) is 0 Å². The lowest BCUT2D eigenvalue weighted by Gasteiger charge is -2.61. The lowest BCUT2D eigenvalue weighted by atomic mass is 9.60. The van der Waals surface area contributed by atoms with E-state index >= 15 is 0 Å². The minimum absolute atomic E-state index is 0.0704. The van der Waals surface area contributed by atoms with Gasteiger partial charge in [0.05, 0.1) is 18.9 Å². The molecule has 3 saturated heterocycles. The minimum atomic E-state index is -0.343. The van der Waals surface area contributed by atoms with E-state index in [9.17, 15) is 4.79 Å². The molecule has 2 bridgehead atoms. The predicted octanol–water partition coefficient (Wildman–Crippen LogP) is 5.71. The molecule has 6 rings (SSSR count). The van der Waals surface area contributed by atoms with Crippen LogP contribution in [-0.2, 0) is 3.55 Å². The average molecular weight is 584 g/mol. The van der Waals surface area contributed by atoms with E-state index in [1.165, 1.54) is 57.8 Å². The zero-order valence-electron chi connectivity index (χ0n) is 20.9. The summed E-state index contributed by atoms with van der Waals surface area (Å²) in [7, 11) is 7.41. The number of piperidine rings is 2. The highest BCUT2D eigenvalue weighted by molar-refractivity contribution is 14.1. The summed E-state index contributed by atoms with van der Waals surface area (Å²) in [5.74, 6) is 0.635. The molecule has 2 radical (unpaired) electrons. The molecular weight excluding hydrogens is 546 g/mol. The Morgan fingerprint density at radius 2 is 1.60 bits per heavy atom. The SMILES string of the molecule is [B]C12CCC[C@@H](C[C@@](I)(n3c(=O)c(N4CCCC4)nc4ccccc43)C1)N2C1CCCCCCC1. The second kappa shape index (κ2) is 9.66. The van der Waals surface area contributed by atoms with Crippen molar-refractivity contribution in [3.05, 3.63) is 34.6 Å². The van der Waals surface area contributed by atoms with Crippen molar-refractivity contribution in [3.8, 4) is 0 Å². The highest BCUT2D eigenvalue weighted by Gasteiger charge is 2.54. The Morgan fingerprint density at radius 3 is 2.34 bits per heavy atom. The molecule has 2 aromatic rings. The number of hydrogen-bond acceptors (Lipinski definition) is 4. The van der Waals surface area contributed by atoms with E-state index in [2.05, 4.69) is 49.1 Å². The number of aromatic nitrogens is 2. The van der Waals surface area contributed by atoms with E-state index in [0.717, 1.165) is 56.2 Å². The van der Waals surface area contributed by atoms with Gasteiger partial charge in [0.2, 0.25) is 0 Å². The maximum Gasteiger partial charge on any atom is 0.295 e. The van der Waals surface area contributed by atoms with Crippen LogP contribution in [0.5, 0.6) is 0 Å². The van der Waals surface area contributed by atoms with Crippen molar-refractivity contribution < 1.29 is 0 Å². The van der Waals surface area contributed by atoms with Crippen molar-refractivity contribution in [1.29, 1.82) is 0 Å². The topological polar surface area (TPSA) is 41.4 Å². The maximum absolute atomic E-state index is 14.2. The Kier molecular flexibility index (Phi) is 6.70. The monoisotopic (exact) mass is 584 g/mol. The number of hydrogen-bond donors (Lipinski definition) is 0. The number of rotatable bonds is 3. The first kappa shape index (κ1) is 24.3. The molecule has 5 nitrogen and oxygen atoms in total. The Balaban J connectivity index is 1.43. The first-order chi connectivity index (χ1) is 17.0. The molecule has 4 fully saturated rings. The van der Waals surface area contributed by atoms with Gasteiger partial charge in [-0.3, -0.25) is 9.36 Å². The standard InChI is InChI=1S/C28H38BIN4O/c29-27-16-10-13-22(33(27)21-11-4-2-1-3-5-12-21)19-28(30,20-27)34-24-15-7-6-14-23(24)31-25(26(34)35)32-17-8-9-18-32/h6-7,14-15,21-22H,1-5,8-13,16-20H2/t22-,27?,28+/m0/s1. The third kappa shape index (κ3) is 4.36. The Bertz CT molecular complexity index is 1130. The van der Waals surface area contributed by atoms with Gasteiger partial charge in [-0.25, -0.2) is 4.98 Å². The van der Waals surface area contributed by atoms with Gasteiger partial charge >= 0.3 is 0 Å². The second-order valence-corrected chi connectivity index (χ2v) is 13.6. The van der Waals surface area contributed by atoms with Gasteiger partial charge in [-0.05, 0) is 68.9 Å². The Hall–Kier alpha value is -1.09.